The summed E-state index contributed by atoms with van der Waals surface area (Å²) in [7, 11) is 0. The Kier molecular flexibility index (Phi) is 3.48. The number of rotatable bonds is 4. The van der Waals surface area contributed by atoms with Crippen LogP contribution in [0.2, 0.25) is 0 Å². The molecule has 2 aliphatic rings. The van der Waals surface area contributed by atoms with E-state index in [0.29, 0.717) is 6.54 Å². The SMILES string of the molecule is CC(C)(C)CC(N)CNC(=O)C1CC2CC2C1. The van der Waals surface area contributed by atoms with Gasteiger partial charge in [-0.05, 0) is 42.9 Å². The summed E-state index contributed by atoms with van der Waals surface area (Å²) in [4.78, 5) is 11.9. The molecule has 3 heteroatoms. The lowest BCUT2D eigenvalue weighted by Crippen LogP contribution is -2.41. The Morgan fingerprint density at radius 3 is 2.41 bits per heavy atom. The third-order valence-electron chi connectivity index (χ3n) is 4.03. The van der Waals surface area contributed by atoms with Crippen LogP contribution in [0.3, 0.4) is 0 Å². The lowest BCUT2D eigenvalue weighted by molar-refractivity contribution is -0.125. The number of nitrogens with one attached hydrogen (secondary N) is 1. The van der Waals surface area contributed by atoms with Gasteiger partial charge in [0.2, 0.25) is 5.91 Å². The van der Waals surface area contributed by atoms with Crippen LogP contribution in [-0.4, -0.2) is 18.5 Å². The van der Waals surface area contributed by atoms with Crippen molar-refractivity contribution in [3.8, 4) is 0 Å². The third-order valence-corrected chi connectivity index (χ3v) is 4.03. The lowest BCUT2D eigenvalue weighted by atomic mass is 9.88. The minimum absolute atomic E-state index is 0.0786. The van der Waals surface area contributed by atoms with Crippen molar-refractivity contribution >= 4 is 5.91 Å². The molecule has 98 valence electrons. The number of nitrogens with two attached hydrogens (primary N) is 1. The van der Waals surface area contributed by atoms with Gasteiger partial charge in [-0.15, -0.1) is 0 Å². The Morgan fingerprint density at radius 1 is 1.29 bits per heavy atom. The van der Waals surface area contributed by atoms with E-state index in [1.54, 1.807) is 0 Å². The molecule has 0 aromatic heterocycles. The molecule has 17 heavy (non-hydrogen) atoms. The molecular formula is C14H26N2O. The smallest absolute Gasteiger partial charge is 0.223 e. The first-order chi connectivity index (χ1) is 7.85. The van der Waals surface area contributed by atoms with Gasteiger partial charge in [-0.1, -0.05) is 20.8 Å². The molecule has 0 saturated heterocycles. The van der Waals surface area contributed by atoms with Crippen molar-refractivity contribution in [3.05, 3.63) is 0 Å². The Morgan fingerprint density at radius 2 is 1.88 bits per heavy atom. The van der Waals surface area contributed by atoms with Crippen LogP contribution in [0.1, 0.15) is 46.5 Å². The molecule has 0 radical (unpaired) electrons. The second kappa shape index (κ2) is 4.60. The van der Waals surface area contributed by atoms with Crippen molar-refractivity contribution in [3.63, 3.8) is 0 Å². The van der Waals surface area contributed by atoms with Crippen molar-refractivity contribution < 1.29 is 4.79 Å². The Labute approximate surface area is 105 Å². The maximum Gasteiger partial charge on any atom is 0.223 e. The van der Waals surface area contributed by atoms with Crippen LogP contribution in [0.5, 0.6) is 0 Å². The standard InChI is InChI=1S/C14H26N2O/c1-14(2,3)7-12(15)8-16-13(17)11-5-9-4-10(9)6-11/h9-12H,4-8,15H2,1-3H3,(H,16,17). The van der Waals surface area contributed by atoms with Crippen LogP contribution >= 0.6 is 0 Å². The van der Waals surface area contributed by atoms with Gasteiger partial charge in [-0.25, -0.2) is 0 Å². The fourth-order valence-electron chi connectivity index (χ4n) is 3.16. The first kappa shape index (κ1) is 12.9. The molecule has 3 nitrogen and oxygen atoms in total. The van der Waals surface area contributed by atoms with E-state index in [-0.39, 0.29) is 23.3 Å². The zero-order valence-electron chi connectivity index (χ0n) is 11.3. The molecule has 0 heterocycles. The zero-order chi connectivity index (χ0) is 12.6. The van der Waals surface area contributed by atoms with Gasteiger partial charge in [-0.3, -0.25) is 4.79 Å². The molecule has 0 aromatic carbocycles. The van der Waals surface area contributed by atoms with Crippen LogP contribution in [-0.2, 0) is 4.79 Å². The monoisotopic (exact) mass is 238 g/mol. The highest BCUT2D eigenvalue weighted by Gasteiger charge is 2.47. The topological polar surface area (TPSA) is 55.1 Å². The van der Waals surface area contributed by atoms with E-state index in [2.05, 4.69) is 26.1 Å². The van der Waals surface area contributed by atoms with Gasteiger partial charge in [0.25, 0.3) is 0 Å². The van der Waals surface area contributed by atoms with E-state index < -0.39 is 0 Å². The molecule has 2 rings (SSSR count). The van der Waals surface area contributed by atoms with Gasteiger partial charge in [0, 0.05) is 18.5 Å². The molecule has 0 spiro atoms. The van der Waals surface area contributed by atoms with Crippen LogP contribution in [0.25, 0.3) is 0 Å². The summed E-state index contributed by atoms with van der Waals surface area (Å²) in [6, 6.07) is 0.0786. The van der Waals surface area contributed by atoms with Crippen molar-refractivity contribution in [2.24, 2.45) is 28.9 Å². The highest BCUT2D eigenvalue weighted by Crippen LogP contribution is 2.54. The number of carbonyl (C=O) groups excluding carboxylic acids is 1. The van der Waals surface area contributed by atoms with Crippen molar-refractivity contribution in [1.29, 1.82) is 0 Å². The van der Waals surface area contributed by atoms with E-state index in [4.69, 9.17) is 5.73 Å². The van der Waals surface area contributed by atoms with Crippen LogP contribution in [0.15, 0.2) is 0 Å². The van der Waals surface area contributed by atoms with Crippen LogP contribution < -0.4 is 11.1 Å². The van der Waals surface area contributed by atoms with Gasteiger partial charge < -0.3 is 11.1 Å². The molecule has 0 aliphatic heterocycles. The second-order valence-electron chi connectivity index (χ2n) is 7.19. The van der Waals surface area contributed by atoms with E-state index in [1.165, 1.54) is 6.42 Å². The number of hydrogen-bond acceptors (Lipinski definition) is 2. The first-order valence-electron chi connectivity index (χ1n) is 6.88. The van der Waals surface area contributed by atoms with E-state index >= 15 is 0 Å². The van der Waals surface area contributed by atoms with Gasteiger partial charge in [-0.2, -0.15) is 0 Å². The molecular weight excluding hydrogens is 212 g/mol. The largest absolute Gasteiger partial charge is 0.354 e. The number of hydrogen-bond donors (Lipinski definition) is 2. The summed E-state index contributed by atoms with van der Waals surface area (Å²) in [6.07, 6.45) is 4.55. The highest BCUT2D eigenvalue weighted by molar-refractivity contribution is 5.79. The van der Waals surface area contributed by atoms with Gasteiger partial charge in [0.15, 0.2) is 0 Å². The molecule has 3 unspecified atom stereocenters. The van der Waals surface area contributed by atoms with Crippen molar-refractivity contribution in [2.75, 3.05) is 6.54 Å². The van der Waals surface area contributed by atoms with E-state index in [0.717, 1.165) is 31.1 Å². The van der Waals surface area contributed by atoms with Gasteiger partial charge in [0.05, 0.1) is 0 Å². The molecule has 0 bridgehead atoms. The lowest BCUT2D eigenvalue weighted by Gasteiger charge is -2.24. The zero-order valence-corrected chi connectivity index (χ0v) is 11.3. The molecule has 2 fully saturated rings. The Balaban J connectivity index is 1.65. The maximum atomic E-state index is 11.9. The quantitative estimate of drug-likeness (QED) is 0.786. The molecule has 2 saturated carbocycles. The minimum atomic E-state index is 0.0786. The fourth-order valence-corrected chi connectivity index (χ4v) is 3.16. The number of fused-ring (bicyclic) bond motifs is 1. The molecule has 0 aromatic rings. The average Bonchev–Trinajstić information content (AvgIpc) is 2.80. The number of carbonyl (C=O) groups is 1. The van der Waals surface area contributed by atoms with Gasteiger partial charge in [0.1, 0.15) is 0 Å². The average molecular weight is 238 g/mol. The molecule has 1 amide bonds. The predicted octanol–water partition coefficient (Wildman–Crippen LogP) is 1.91. The summed E-state index contributed by atoms with van der Waals surface area (Å²) >= 11 is 0. The Bertz CT molecular complexity index is 285. The Hall–Kier alpha value is -0.570. The van der Waals surface area contributed by atoms with E-state index in [1.807, 2.05) is 0 Å². The summed E-state index contributed by atoms with van der Waals surface area (Å²) < 4.78 is 0. The normalized spacial score (nSPS) is 33.1. The van der Waals surface area contributed by atoms with Crippen molar-refractivity contribution in [2.45, 2.75) is 52.5 Å². The van der Waals surface area contributed by atoms with Crippen LogP contribution in [0, 0.1) is 23.2 Å². The minimum Gasteiger partial charge on any atom is -0.354 e. The van der Waals surface area contributed by atoms with Crippen molar-refractivity contribution in [1.82, 2.24) is 5.32 Å². The highest BCUT2D eigenvalue weighted by atomic mass is 16.1. The third kappa shape index (κ3) is 3.70. The van der Waals surface area contributed by atoms with Crippen LogP contribution in [0.4, 0.5) is 0 Å². The van der Waals surface area contributed by atoms with E-state index in [9.17, 15) is 4.79 Å². The summed E-state index contributed by atoms with van der Waals surface area (Å²) in [6.45, 7) is 7.17. The number of amides is 1. The second-order valence-corrected chi connectivity index (χ2v) is 7.19. The maximum absolute atomic E-state index is 11.9. The predicted molar refractivity (Wildman–Crippen MR) is 69.4 cm³/mol. The summed E-state index contributed by atoms with van der Waals surface area (Å²) in [5, 5.41) is 3.02. The molecule has 3 N–H and O–H groups in total. The van der Waals surface area contributed by atoms with Gasteiger partial charge >= 0.3 is 0 Å². The summed E-state index contributed by atoms with van der Waals surface area (Å²) in [5.41, 5.74) is 6.26. The molecule has 2 aliphatic carbocycles. The first-order valence-corrected chi connectivity index (χ1v) is 6.88. The molecule has 3 atom stereocenters. The fraction of sp³-hybridized carbons (Fsp3) is 0.929. The summed E-state index contributed by atoms with van der Waals surface area (Å²) in [5.74, 6) is 2.25.